The number of ether oxygens (including phenoxy) is 2. The molecule has 1 N–H and O–H groups in total. The van der Waals surface area contributed by atoms with E-state index in [0.717, 1.165) is 11.3 Å². The van der Waals surface area contributed by atoms with Gasteiger partial charge in [0.2, 0.25) is 0 Å². The lowest BCUT2D eigenvalue weighted by Crippen LogP contribution is -2.14. The molecule has 2 aromatic carbocycles. The van der Waals surface area contributed by atoms with Gasteiger partial charge in [0.05, 0.1) is 30.2 Å². The Hall–Kier alpha value is -3.13. The Balaban J connectivity index is 1.81. The fraction of sp³-hybridized carbons (Fsp3) is 0.273. The van der Waals surface area contributed by atoms with E-state index in [1.54, 1.807) is 24.6 Å². The molecule has 0 radical (unpaired) electrons. The second-order valence-electron chi connectivity index (χ2n) is 6.76. The van der Waals surface area contributed by atoms with Crippen molar-refractivity contribution in [2.75, 3.05) is 11.9 Å². The van der Waals surface area contributed by atoms with Gasteiger partial charge in [-0.3, -0.25) is 9.48 Å². The second-order valence-corrected chi connectivity index (χ2v) is 7.20. The van der Waals surface area contributed by atoms with Gasteiger partial charge in [0.15, 0.2) is 11.5 Å². The van der Waals surface area contributed by atoms with E-state index < -0.39 is 12.5 Å². The van der Waals surface area contributed by atoms with E-state index in [2.05, 4.69) is 15.2 Å². The first kappa shape index (κ1) is 22.6. The van der Waals surface area contributed by atoms with Crippen LogP contribution in [0.3, 0.4) is 0 Å². The number of hydrogen-bond acceptors (Lipinski definition) is 4. The molecule has 0 bridgehead atoms. The van der Waals surface area contributed by atoms with Gasteiger partial charge in [0.1, 0.15) is 0 Å². The summed E-state index contributed by atoms with van der Waals surface area (Å²) in [5.41, 5.74) is 3.22. The highest BCUT2D eigenvalue weighted by Crippen LogP contribution is 2.30. The fourth-order valence-electron chi connectivity index (χ4n) is 3.14. The van der Waals surface area contributed by atoms with Gasteiger partial charge in [-0.2, -0.15) is 13.9 Å². The van der Waals surface area contributed by atoms with Gasteiger partial charge < -0.3 is 14.8 Å². The maximum Gasteiger partial charge on any atom is 0.387 e. The molecule has 0 aliphatic carbocycles. The summed E-state index contributed by atoms with van der Waals surface area (Å²) in [7, 11) is 0. The maximum absolute atomic E-state index is 12.8. The minimum Gasteiger partial charge on any atom is -0.490 e. The van der Waals surface area contributed by atoms with Gasteiger partial charge >= 0.3 is 6.61 Å². The molecule has 1 heterocycles. The number of alkyl halides is 2. The van der Waals surface area contributed by atoms with Crippen LogP contribution in [-0.4, -0.2) is 28.9 Å². The molecule has 1 amide bonds. The van der Waals surface area contributed by atoms with E-state index in [4.69, 9.17) is 16.3 Å². The minimum absolute atomic E-state index is 0.0699. The van der Waals surface area contributed by atoms with Crippen LogP contribution in [0.4, 0.5) is 14.5 Å². The Morgan fingerprint density at radius 1 is 1.19 bits per heavy atom. The quantitative estimate of drug-likeness (QED) is 0.496. The molecule has 164 valence electrons. The lowest BCUT2D eigenvalue weighted by atomic mass is 10.1. The Morgan fingerprint density at radius 3 is 2.65 bits per heavy atom. The zero-order valence-corrected chi connectivity index (χ0v) is 18.0. The number of hydrogen-bond donors (Lipinski definition) is 1. The molecule has 0 spiro atoms. The van der Waals surface area contributed by atoms with Crippen LogP contribution in [0.2, 0.25) is 5.02 Å². The normalized spacial score (nSPS) is 10.9. The number of carbonyl (C=O) groups is 1. The number of amides is 1. The molecule has 1 aromatic heterocycles. The van der Waals surface area contributed by atoms with Crippen molar-refractivity contribution in [3.8, 4) is 11.5 Å². The van der Waals surface area contributed by atoms with Gasteiger partial charge in [-0.25, -0.2) is 0 Å². The summed E-state index contributed by atoms with van der Waals surface area (Å²) in [4.78, 5) is 12.8. The molecule has 0 aliphatic rings. The molecule has 6 nitrogen and oxygen atoms in total. The summed E-state index contributed by atoms with van der Waals surface area (Å²) in [6.07, 6.45) is 0. The van der Waals surface area contributed by atoms with Gasteiger partial charge in [0.25, 0.3) is 5.91 Å². The SMILES string of the molecule is CCOc1cc(C(=O)Nc2c(C)nn(Cc3cccc(Cl)c3)c2C)ccc1OC(F)F. The van der Waals surface area contributed by atoms with Crippen molar-refractivity contribution in [3.63, 3.8) is 0 Å². The van der Waals surface area contributed by atoms with Crippen LogP contribution in [-0.2, 0) is 6.54 Å². The highest BCUT2D eigenvalue weighted by atomic mass is 35.5. The number of nitrogens with one attached hydrogen (secondary N) is 1. The molecular formula is C22H22ClF2N3O3. The van der Waals surface area contributed by atoms with Gasteiger partial charge in [-0.15, -0.1) is 0 Å². The number of nitrogens with zero attached hydrogens (tertiary/aromatic N) is 2. The molecule has 0 saturated heterocycles. The third-order valence-corrected chi connectivity index (χ3v) is 4.80. The predicted octanol–water partition coefficient (Wildman–Crippen LogP) is 5.45. The van der Waals surface area contributed by atoms with E-state index in [1.807, 2.05) is 25.1 Å². The first-order chi connectivity index (χ1) is 14.8. The van der Waals surface area contributed by atoms with Crippen LogP contribution in [0.15, 0.2) is 42.5 Å². The number of benzene rings is 2. The lowest BCUT2D eigenvalue weighted by Gasteiger charge is -2.13. The molecule has 0 atom stereocenters. The van der Waals surface area contributed by atoms with Crippen molar-refractivity contribution in [1.82, 2.24) is 9.78 Å². The summed E-state index contributed by atoms with van der Waals surface area (Å²) in [5.74, 6) is -0.478. The van der Waals surface area contributed by atoms with Crippen LogP contribution >= 0.6 is 11.6 Å². The predicted molar refractivity (Wildman–Crippen MR) is 114 cm³/mol. The number of aromatic nitrogens is 2. The Morgan fingerprint density at radius 2 is 1.97 bits per heavy atom. The summed E-state index contributed by atoms with van der Waals surface area (Å²) in [5, 5.41) is 7.99. The first-order valence-electron chi connectivity index (χ1n) is 9.60. The Labute approximate surface area is 183 Å². The average molecular weight is 450 g/mol. The van der Waals surface area contributed by atoms with E-state index in [-0.39, 0.29) is 23.7 Å². The van der Waals surface area contributed by atoms with Gasteiger partial charge in [0, 0.05) is 10.6 Å². The van der Waals surface area contributed by atoms with Crippen LogP contribution < -0.4 is 14.8 Å². The molecule has 3 aromatic rings. The van der Waals surface area contributed by atoms with Gasteiger partial charge in [-0.05, 0) is 56.7 Å². The van der Waals surface area contributed by atoms with Crippen molar-refractivity contribution in [2.24, 2.45) is 0 Å². The van der Waals surface area contributed by atoms with E-state index in [9.17, 15) is 13.6 Å². The number of halogens is 3. The number of aryl methyl sites for hydroxylation is 1. The van der Waals surface area contributed by atoms with Crippen LogP contribution in [0.25, 0.3) is 0 Å². The molecule has 3 rings (SSSR count). The minimum atomic E-state index is -2.99. The van der Waals surface area contributed by atoms with E-state index in [0.29, 0.717) is 22.9 Å². The highest BCUT2D eigenvalue weighted by molar-refractivity contribution is 6.30. The van der Waals surface area contributed by atoms with Crippen LogP contribution in [0, 0.1) is 13.8 Å². The maximum atomic E-state index is 12.8. The molecular weight excluding hydrogens is 428 g/mol. The highest BCUT2D eigenvalue weighted by Gasteiger charge is 2.18. The van der Waals surface area contributed by atoms with Crippen molar-refractivity contribution in [3.05, 3.63) is 70.0 Å². The number of rotatable bonds is 8. The smallest absolute Gasteiger partial charge is 0.387 e. The first-order valence-corrected chi connectivity index (χ1v) is 9.97. The molecule has 31 heavy (non-hydrogen) atoms. The van der Waals surface area contributed by atoms with Crippen LogP contribution in [0.1, 0.15) is 34.2 Å². The molecule has 0 unspecified atom stereocenters. The molecule has 0 aliphatic heterocycles. The zero-order chi connectivity index (χ0) is 22.5. The van der Waals surface area contributed by atoms with Crippen molar-refractivity contribution >= 4 is 23.2 Å². The summed E-state index contributed by atoms with van der Waals surface area (Å²) < 4.78 is 36.7. The summed E-state index contributed by atoms with van der Waals surface area (Å²) in [6, 6.07) is 11.5. The third kappa shape index (κ3) is 5.52. The van der Waals surface area contributed by atoms with Crippen molar-refractivity contribution < 1.29 is 23.0 Å². The van der Waals surface area contributed by atoms with Gasteiger partial charge in [-0.1, -0.05) is 23.7 Å². The van der Waals surface area contributed by atoms with Crippen LogP contribution in [0.5, 0.6) is 11.5 Å². The third-order valence-electron chi connectivity index (χ3n) is 4.56. The van der Waals surface area contributed by atoms with E-state index in [1.165, 1.54) is 18.2 Å². The molecule has 0 saturated carbocycles. The zero-order valence-electron chi connectivity index (χ0n) is 17.3. The topological polar surface area (TPSA) is 65.4 Å². The Kier molecular flexibility index (Phi) is 7.12. The summed E-state index contributed by atoms with van der Waals surface area (Å²) in [6.45, 7) is 3.10. The molecule has 9 heteroatoms. The lowest BCUT2D eigenvalue weighted by molar-refractivity contribution is -0.0514. The largest absolute Gasteiger partial charge is 0.490 e. The standard InChI is InChI=1S/C22H22ClF2N3O3/c1-4-30-19-11-16(8-9-18(19)31-22(24)25)21(29)26-20-13(2)27-28(14(20)3)12-15-6-5-7-17(23)10-15/h5-11,22H,4,12H2,1-3H3,(H,26,29). The number of carbonyl (C=O) groups excluding carboxylic acids is 1. The monoisotopic (exact) mass is 449 g/mol. The fourth-order valence-corrected chi connectivity index (χ4v) is 3.35. The average Bonchev–Trinajstić information content (AvgIpc) is 2.96. The van der Waals surface area contributed by atoms with Crippen molar-refractivity contribution in [1.29, 1.82) is 0 Å². The summed E-state index contributed by atoms with van der Waals surface area (Å²) >= 11 is 6.05. The van der Waals surface area contributed by atoms with Crippen molar-refractivity contribution in [2.45, 2.75) is 33.9 Å². The Bertz CT molecular complexity index is 1090. The van der Waals surface area contributed by atoms with E-state index >= 15 is 0 Å². The number of anilines is 1. The molecule has 0 fully saturated rings. The second kappa shape index (κ2) is 9.78.